The Bertz CT molecular complexity index is 1250. The molecule has 2 heterocycles. The van der Waals surface area contributed by atoms with Crippen LogP contribution in [0.15, 0.2) is 69.6 Å². The Kier molecular flexibility index (Phi) is 6.12. The topological polar surface area (TPSA) is 64.0 Å². The Balaban J connectivity index is 1.77. The Morgan fingerprint density at radius 1 is 1.21 bits per heavy atom. The number of benzene rings is 2. The number of amides is 1. The molecule has 4 aromatic rings. The molecule has 29 heavy (non-hydrogen) atoms. The number of pyridine rings is 1. The van der Waals surface area contributed by atoms with Gasteiger partial charge < -0.3 is 9.88 Å². The van der Waals surface area contributed by atoms with E-state index in [9.17, 15) is 9.59 Å². The van der Waals surface area contributed by atoms with Crippen molar-refractivity contribution in [3.63, 3.8) is 0 Å². The number of carbonyl (C=O) groups excluding carboxylic acids is 1. The summed E-state index contributed by atoms with van der Waals surface area (Å²) in [5, 5.41) is 3.47. The maximum absolute atomic E-state index is 13.1. The number of alkyl halides is 1. The van der Waals surface area contributed by atoms with E-state index in [-0.39, 0.29) is 17.9 Å². The molecule has 8 heteroatoms. The third kappa shape index (κ3) is 4.29. The van der Waals surface area contributed by atoms with Gasteiger partial charge in [0.25, 0.3) is 5.91 Å². The molecule has 0 bridgehead atoms. The highest BCUT2D eigenvalue weighted by atomic mass is 127. The number of rotatable bonds is 5. The van der Waals surface area contributed by atoms with Gasteiger partial charge in [-0.1, -0.05) is 46.9 Å². The summed E-state index contributed by atoms with van der Waals surface area (Å²) in [6, 6.07) is 15.8. The van der Waals surface area contributed by atoms with Gasteiger partial charge in [0.05, 0.1) is 11.7 Å². The van der Waals surface area contributed by atoms with Crippen molar-refractivity contribution in [2.24, 2.45) is 0 Å². The molecule has 1 N–H and O–H groups in total. The molecular weight excluding hydrogens is 565 g/mol. The maximum atomic E-state index is 13.1. The van der Waals surface area contributed by atoms with Gasteiger partial charge in [0, 0.05) is 33.8 Å². The normalized spacial score (nSPS) is 11.0. The number of nitrogens with one attached hydrogen (secondary N) is 1. The van der Waals surface area contributed by atoms with Crippen LogP contribution in [-0.2, 0) is 11.0 Å². The van der Waals surface area contributed by atoms with Crippen LogP contribution in [0.1, 0.15) is 20.8 Å². The first-order chi connectivity index (χ1) is 14.1. The molecule has 0 radical (unpaired) electrons. The van der Waals surface area contributed by atoms with Crippen LogP contribution in [0.5, 0.6) is 0 Å². The Morgan fingerprint density at radius 2 is 2.00 bits per heavy atom. The van der Waals surface area contributed by atoms with Gasteiger partial charge in [-0.3, -0.25) is 9.59 Å². The fourth-order valence-electron chi connectivity index (χ4n) is 3.06. The second-order valence-corrected chi connectivity index (χ2v) is 9.40. The molecule has 5 nitrogen and oxygen atoms in total. The third-order valence-electron chi connectivity index (χ3n) is 4.47. The summed E-state index contributed by atoms with van der Waals surface area (Å²) >= 11 is 6.82. The summed E-state index contributed by atoms with van der Waals surface area (Å²) in [5.74, 6) is -0.251. The van der Waals surface area contributed by atoms with Gasteiger partial charge >= 0.3 is 0 Å². The Labute approximate surface area is 193 Å². The van der Waals surface area contributed by atoms with Crippen LogP contribution in [-0.4, -0.2) is 15.5 Å². The molecule has 2 aromatic carbocycles. The minimum Gasteiger partial charge on any atom is -0.347 e. The SMILES string of the molecule is O=C(NCc1cn(-c2ccccc2)c2cc(CI)ccc2c1=O)c1cnc(Br)s1. The van der Waals surface area contributed by atoms with Crippen molar-refractivity contribution in [1.29, 1.82) is 0 Å². The summed E-state index contributed by atoms with van der Waals surface area (Å²) in [5.41, 5.74) is 3.43. The van der Waals surface area contributed by atoms with Crippen LogP contribution in [0.25, 0.3) is 16.6 Å². The van der Waals surface area contributed by atoms with Crippen LogP contribution >= 0.6 is 49.9 Å². The smallest absolute Gasteiger partial charge is 0.263 e. The number of thiazole rings is 1. The molecule has 4 rings (SSSR count). The largest absolute Gasteiger partial charge is 0.347 e. The average Bonchev–Trinajstić information content (AvgIpc) is 3.19. The molecule has 0 aliphatic rings. The first-order valence-corrected chi connectivity index (χ1v) is 11.9. The summed E-state index contributed by atoms with van der Waals surface area (Å²) in [4.78, 5) is 30.0. The van der Waals surface area contributed by atoms with Crippen LogP contribution in [0.2, 0.25) is 0 Å². The standard InChI is InChI=1S/C21H15BrIN3O2S/c22-21-25-11-18(29-21)20(28)24-10-14-12-26(15-4-2-1-3-5-15)17-8-13(9-23)6-7-16(17)19(14)27/h1-8,11-12H,9-10H2,(H,24,28). The van der Waals surface area contributed by atoms with Crippen molar-refractivity contribution < 1.29 is 4.79 Å². The molecule has 0 spiro atoms. The molecule has 2 aromatic heterocycles. The number of aromatic nitrogens is 2. The Morgan fingerprint density at radius 3 is 2.69 bits per heavy atom. The highest BCUT2D eigenvalue weighted by molar-refractivity contribution is 14.1. The number of carbonyl (C=O) groups is 1. The summed E-state index contributed by atoms with van der Waals surface area (Å²) in [6.45, 7) is 0.143. The minimum atomic E-state index is -0.251. The molecular formula is C21H15BrIN3O2S. The van der Waals surface area contributed by atoms with Crippen LogP contribution < -0.4 is 10.7 Å². The van der Waals surface area contributed by atoms with E-state index >= 15 is 0 Å². The van der Waals surface area contributed by atoms with E-state index in [1.165, 1.54) is 17.5 Å². The lowest BCUT2D eigenvalue weighted by molar-refractivity contribution is 0.0954. The summed E-state index contributed by atoms with van der Waals surface area (Å²) < 4.78 is 3.52. The lowest BCUT2D eigenvalue weighted by Gasteiger charge is -2.15. The van der Waals surface area contributed by atoms with E-state index in [1.807, 2.05) is 59.3 Å². The zero-order valence-corrected chi connectivity index (χ0v) is 19.6. The van der Waals surface area contributed by atoms with Gasteiger partial charge in [-0.25, -0.2) is 4.98 Å². The fourth-order valence-corrected chi connectivity index (χ4v) is 4.71. The summed E-state index contributed by atoms with van der Waals surface area (Å²) in [7, 11) is 0. The molecule has 0 saturated carbocycles. The molecule has 0 atom stereocenters. The molecule has 0 fully saturated rings. The van der Waals surface area contributed by atoms with E-state index in [0.29, 0.717) is 19.7 Å². The zero-order valence-electron chi connectivity index (χ0n) is 15.1. The number of halogens is 2. The van der Waals surface area contributed by atoms with Crippen molar-refractivity contribution in [1.82, 2.24) is 14.9 Å². The second-order valence-electron chi connectivity index (χ2n) is 6.33. The van der Waals surface area contributed by atoms with Gasteiger partial charge in [-0.05, 0) is 45.8 Å². The van der Waals surface area contributed by atoms with Crippen molar-refractivity contribution in [2.45, 2.75) is 11.0 Å². The van der Waals surface area contributed by atoms with E-state index in [4.69, 9.17) is 0 Å². The second kappa shape index (κ2) is 8.76. The monoisotopic (exact) mass is 579 g/mol. The van der Waals surface area contributed by atoms with Crippen molar-refractivity contribution in [3.05, 3.63) is 91.1 Å². The van der Waals surface area contributed by atoms with Crippen molar-refractivity contribution in [2.75, 3.05) is 0 Å². The molecule has 0 aliphatic heterocycles. The highest BCUT2D eigenvalue weighted by Gasteiger charge is 2.14. The van der Waals surface area contributed by atoms with Gasteiger partial charge in [0.2, 0.25) is 0 Å². The highest BCUT2D eigenvalue weighted by Crippen LogP contribution is 2.21. The van der Waals surface area contributed by atoms with E-state index in [2.05, 4.69) is 48.8 Å². The van der Waals surface area contributed by atoms with E-state index in [0.717, 1.165) is 21.2 Å². The third-order valence-corrected chi connectivity index (χ3v) is 6.83. The molecule has 0 unspecified atom stereocenters. The predicted octanol–water partition coefficient (Wildman–Crippen LogP) is 5.07. The molecule has 0 saturated heterocycles. The lowest BCUT2D eigenvalue weighted by atomic mass is 10.1. The van der Waals surface area contributed by atoms with Gasteiger partial charge in [-0.15, -0.1) is 11.3 Å². The first-order valence-electron chi connectivity index (χ1n) is 8.75. The van der Waals surface area contributed by atoms with Crippen LogP contribution in [0.3, 0.4) is 0 Å². The molecule has 1 amide bonds. The number of nitrogens with zero attached hydrogens (tertiary/aromatic N) is 2. The fraction of sp³-hybridized carbons (Fsp3) is 0.0952. The summed E-state index contributed by atoms with van der Waals surface area (Å²) in [6.07, 6.45) is 3.33. The minimum absolute atomic E-state index is 0.0713. The van der Waals surface area contributed by atoms with E-state index in [1.54, 1.807) is 0 Å². The number of fused-ring (bicyclic) bond motifs is 1. The van der Waals surface area contributed by atoms with Crippen LogP contribution in [0, 0.1) is 0 Å². The van der Waals surface area contributed by atoms with Crippen molar-refractivity contribution in [3.8, 4) is 5.69 Å². The molecule has 0 aliphatic carbocycles. The maximum Gasteiger partial charge on any atom is 0.263 e. The number of hydrogen-bond acceptors (Lipinski definition) is 4. The first kappa shape index (κ1) is 20.2. The number of hydrogen-bond donors (Lipinski definition) is 1. The van der Waals surface area contributed by atoms with Crippen LogP contribution in [0.4, 0.5) is 0 Å². The molecule has 146 valence electrons. The predicted molar refractivity (Wildman–Crippen MR) is 128 cm³/mol. The van der Waals surface area contributed by atoms with E-state index < -0.39 is 0 Å². The quantitative estimate of drug-likeness (QED) is 0.265. The van der Waals surface area contributed by atoms with Gasteiger partial charge in [0.1, 0.15) is 4.88 Å². The zero-order chi connectivity index (χ0) is 20.4. The van der Waals surface area contributed by atoms with Gasteiger partial charge in [-0.2, -0.15) is 0 Å². The number of para-hydroxylation sites is 1. The van der Waals surface area contributed by atoms with Gasteiger partial charge in [0.15, 0.2) is 9.35 Å². The van der Waals surface area contributed by atoms with Crippen molar-refractivity contribution >= 4 is 66.7 Å². The average molecular weight is 580 g/mol. The Hall–Kier alpha value is -2.04. The lowest BCUT2D eigenvalue weighted by Crippen LogP contribution is -2.26.